The number of likely N-dealkylation sites (N-methyl/N-ethyl adjacent to an activating group) is 1. The zero-order chi connectivity index (χ0) is 20.7. The maximum absolute atomic E-state index is 13.0. The number of nitrogens with zero attached hydrogens (tertiary/aromatic N) is 1. The summed E-state index contributed by atoms with van der Waals surface area (Å²) >= 11 is 3.46. The summed E-state index contributed by atoms with van der Waals surface area (Å²) in [6.07, 6.45) is 1.03. The lowest BCUT2D eigenvalue weighted by atomic mass is 10.00. The molecule has 4 nitrogen and oxygen atoms in total. The average molecular weight is 445 g/mol. The molecule has 2 aromatic carbocycles. The van der Waals surface area contributed by atoms with Crippen molar-refractivity contribution in [1.82, 2.24) is 10.2 Å². The van der Waals surface area contributed by atoms with Crippen LogP contribution in [0.3, 0.4) is 0 Å². The van der Waals surface area contributed by atoms with Crippen molar-refractivity contribution in [1.29, 1.82) is 0 Å². The van der Waals surface area contributed by atoms with Crippen molar-refractivity contribution in [3.8, 4) is 0 Å². The number of hydrogen-bond donors (Lipinski definition) is 1. The topological polar surface area (TPSA) is 49.4 Å². The van der Waals surface area contributed by atoms with Crippen LogP contribution in [0.4, 0.5) is 0 Å². The van der Waals surface area contributed by atoms with Gasteiger partial charge in [0.1, 0.15) is 6.04 Å². The molecule has 2 aromatic rings. The third-order valence-corrected chi connectivity index (χ3v) is 5.42. The molecule has 0 aliphatic rings. The highest BCUT2D eigenvalue weighted by Crippen LogP contribution is 2.18. The van der Waals surface area contributed by atoms with E-state index in [0.717, 1.165) is 15.6 Å². The van der Waals surface area contributed by atoms with Gasteiger partial charge in [0.25, 0.3) is 0 Å². The number of aryl methyl sites for hydroxylation is 1. The van der Waals surface area contributed by atoms with E-state index in [-0.39, 0.29) is 11.8 Å². The number of benzene rings is 2. The molecule has 0 fully saturated rings. The average Bonchev–Trinajstić information content (AvgIpc) is 2.69. The highest BCUT2D eigenvalue weighted by molar-refractivity contribution is 9.10. The molecule has 0 aromatic heterocycles. The molecule has 0 spiro atoms. The Morgan fingerprint density at radius 3 is 2.29 bits per heavy atom. The lowest BCUT2D eigenvalue weighted by Gasteiger charge is -2.28. The van der Waals surface area contributed by atoms with Crippen LogP contribution in [0.1, 0.15) is 49.8 Å². The zero-order valence-corrected chi connectivity index (χ0v) is 18.6. The van der Waals surface area contributed by atoms with Gasteiger partial charge in [0.2, 0.25) is 11.8 Å². The van der Waals surface area contributed by atoms with Crippen LogP contribution in [0.15, 0.2) is 53.0 Å². The Balaban J connectivity index is 2.10. The molecule has 28 heavy (non-hydrogen) atoms. The second-order valence-corrected chi connectivity index (χ2v) is 8.25. The SMILES string of the molecule is CNC(=O)[C@@H](C)N(Cc1cccc(Br)c1)C(=O)CCc1ccc(C(C)C)cc1. The maximum atomic E-state index is 13.0. The molecule has 2 amide bonds. The highest BCUT2D eigenvalue weighted by atomic mass is 79.9. The molecule has 0 radical (unpaired) electrons. The molecule has 0 aliphatic carbocycles. The van der Waals surface area contributed by atoms with Crippen LogP contribution in [-0.2, 0) is 22.6 Å². The van der Waals surface area contributed by atoms with Gasteiger partial charge in [-0.2, -0.15) is 0 Å². The fourth-order valence-electron chi connectivity index (χ4n) is 3.09. The van der Waals surface area contributed by atoms with Gasteiger partial charge in [-0.15, -0.1) is 0 Å². The number of nitrogens with one attached hydrogen (secondary N) is 1. The molecule has 1 N–H and O–H groups in total. The number of carbonyl (C=O) groups is 2. The standard InChI is InChI=1S/C23H29BrN2O2/c1-16(2)20-11-8-18(9-12-20)10-13-22(27)26(17(3)23(28)25-4)15-19-6-5-7-21(24)14-19/h5-9,11-12,14,16-17H,10,13,15H2,1-4H3,(H,25,28)/t17-/m1/s1. The van der Waals surface area contributed by atoms with Crippen molar-refractivity contribution < 1.29 is 9.59 Å². The van der Waals surface area contributed by atoms with E-state index in [1.165, 1.54) is 5.56 Å². The summed E-state index contributed by atoms with van der Waals surface area (Å²) in [5.41, 5.74) is 3.41. The van der Waals surface area contributed by atoms with Crippen LogP contribution in [0.2, 0.25) is 0 Å². The number of halogens is 1. The minimum absolute atomic E-state index is 0.0241. The van der Waals surface area contributed by atoms with Gasteiger partial charge in [-0.3, -0.25) is 9.59 Å². The van der Waals surface area contributed by atoms with E-state index in [1.54, 1.807) is 18.9 Å². The van der Waals surface area contributed by atoms with Crippen molar-refractivity contribution in [2.45, 2.75) is 52.1 Å². The third kappa shape index (κ3) is 6.20. The van der Waals surface area contributed by atoms with E-state index in [9.17, 15) is 9.59 Å². The first-order valence-electron chi connectivity index (χ1n) is 9.66. The second-order valence-electron chi connectivity index (χ2n) is 7.34. The minimum atomic E-state index is -0.528. The fourth-order valence-corrected chi connectivity index (χ4v) is 3.53. The van der Waals surface area contributed by atoms with E-state index in [1.807, 2.05) is 24.3 Å². The van der Waals surface area contributed by atoms with Gasteiger partial charge >= 0.3 is 0 Å². The molecule has 0 heterocycles. The van der Waals surface area contributed by atoms with Crippen molar-refractivity contribution in [3.05, 3.63) is 69.7 Å². The molecule has 150 valence electrons. The molecule has 0 bridgehead atoms. The largest absolute Gasteiger partial charge is 0.357 e. The van der Waals surface area contributed by atoms with E-state index in [2.05, 4.69) is 59.4 Å². The second kappa shape index (κ2) is 10.4. The Morgan fingerprint density at radius 1 is 1.04 bits per heavy atom. The van der Waals surface area contributed by atoms with Gasteiger partial charge in [-0.05, 0) is 48.1 Å². The van der Waals surface area contributed by atoms with Gasteiger partial charge in [0.15, 0.2) is 0 Å². The Bertz CT molecular complexity index is 803. The van der Waals surface area contributed by atoms with Crippen LogP contribution in [0.5, 0.6) is 0 Å². The highest BCUT2D eigenvalue weighted by Gasteiger charge is 2.25. The Morgan fingerprint density at radius 2 is 1.71 bits per heavy atom. The van der Waals surface area contributed by atoms with E-state index >= 15 is 0 Å². The first kappa shape index (κ1) is 22.2. The van der Waals surface area contributed by atoms with Crippen LogP contribution in [0.25, 0.3) is 0 Å². The monoisotopic (exact) mass is 444 g/mol. The summed E-state index contributed by atoms with van der Waals surface area (Å²) in [6, 6.07) is 15.7. The fraction of sp³-hybridized carbons (Fsp3) is 0.391. The normalized spacial score (nSPS) is 11.9. The summed E-state index contributed by atoms with van der Waals surface area (Å²) in [5.74, 6) is 0.304. The van der Waals surface area contributed by atoms with Gasteiger partial charge in [0, 0.05) is 24.5 Å². The number of rotatable bonds is 8. The van der Waals surface area contributed by atoms with Gasteiger partial charge in [-0.25, -0.2) is 0 Å². The Labute approximate surface area is 176 Å². The number of amides is 2. The van der Waals surface area contributed by atoms with Crippen LogP contribution in [-0.4, -0.2) is 29.8 Å². The molecular formula is C23H29BrN2O2. The number of carbonyl (C=O) groups excluding carboxylic acids is 2. The first-order chi connectivity index (χ1) is 13.3. The van der Waals surface area contributed by atoms with Crippen molar-refractivity contribution in [2.75, 3.05) is 7.05 Å². The molecule has 0 unspecified atom stereocenters. The quantitative estimate of drug-likeness (QED) is 0.642. The van der Waals surface area contributed by atoms with Crippen LogP contribution < -0.4 is 5.32 Å². The summed E-state index contributed by atoms with van der Waals surface area (Å²) in [6.45, 7) is 6.50. The van der Waals surface area contributed by atoms with Crippen LogP contribution in [0, 0.1) is 0 Å². The Hall–Kier alpha value is -2.14. The molecule has 5 heteroatoms. The molecular weight excluding hydrogens is 416 g/mol. The maximum Gasteiger partial charge on any atom is 0.242 e. The van der Waals surface area contributed by atoms with Crippen molar-refractivity contribution in [3.63, 3.8) is 0 Å². The van der Waals surface area contributed by atoms with Crippen molar-refractivity contribution >= 4 is 27.7 Å². The van der Waals surface area contributed by atoms with Crippen molar-refractivity contribution in [2.24, 2.45) is 0 Å². The smallest absolute Gasteiger partial charge is 0.242 e. The summed E-state index contributed by atoms with van der Waals surface area (Å²) in [4.78, 5) is 26.8. The van der Waals surface area contributed by atoms with E-state index < -0.39 is 6.04 Å². The van der Waals surface area contributed by atoms with E-state index in [0.29, 0.717) is 25.3 Å². The zero-order valence-electron chi connectivity index (χ0n) is 17.0. The van der Waals surface area contributed by atoms with Gasteiger partial charge < -0.3 is 10.2 Å². The summed E-state index contributed by atoms with van der Waals surface area (Å²) in [7, 11) is 1.59. The minimum Gasteiger partial charge on any atom is -0.357 e. The predicted octanol–water partition coefficient (Wildman–Crippen LogP) is 4.67. The third-order valence-electron chi connectivity index (χ3n) is 4.93. The molecule has 1 atom stereocenters. The molecule has 0 saturated heterocycles. The lowest BCUT2D eigenvalue weighted by molar-refractivity contribution is -0.140. The molecule has 0 aliphatic heterocycles. The number of hydrogen-bond acceptors (Lipinski definition) is 2. The molecule has 2 rings (SSSR count). The van der Waals surface area contributed by atoms with Gasteiger partial charge in [0.05, 0.1) is 0 Å². The van der Waals surface area contributed by atoms with Gasteiger partial charge in [-0.1, -0.05) is 66.2 Å². The van der Waals surface area contributed by atoms with E-state index in [4.69, 9.17) is 0 Å². The predicted molar refractivity (Wildman–Crippen MR) is 117 cm³/mol. The summed E-state index contributed by atoms with van der Waals surface area (Å²) in [5, 5.41) is 2.65. The van der Waals surface area contributed by atoms with Crippen LogP contribution >= 0.6 is 15.9 Å². The summed E-state index contributed by atoms with van der Waals surface area (Å²) < 4.78 is 0.954. The molecule has 0 saturated carbocycles. The Kier molecular flexibility index (Phi) is 8.24. The lowest BCUT2D eigenvalue weighted by Crippen LogP contribution is -2.46. The first-order valence-corrected chi connectivity index (χ1v) is 10.5.